The van der Waals surface area contributed by atoms with E-state index in [2.05, 4.69) is 0 Å². The highest BCUT2D eigenvalue weighted by atomic mass is 32.2. The lowest BCUT2D eigenvalue weighted by Crippen LogP contribution is -2.40. The molecule has 0 atom stereocenters. The number of morpholine rings is 1. The Morgan fingerprint density at radius 2 is 1.41 bits per heavy atom. The number of sulfonamides is 1. The molecule has 2 aromatic carbocycles. The van der Waals surface area contributed by atoms with Crippen LogP contribution in [0, 0.1) is 0 Å². The first-order chi connectivity index (χ1) is 13.0. The van der Waals surface area contributed by atoms with E-state index in [4.69, 9.17) is 4.74 Å². The summed E-state index contributed by atoms with van der Waals surface area (Å²) in [6.45, 7) is 1.54. The molecule has 4 rings (SSSR count). The van der Waals surface area contributed by atoms with Crippen LogP contribution in [0.25, 0.3) is 0 Å². The molecule has 1 saturated heterocycles. The normalized spacial score (nSPS) is 18.0. The van der Waals surface area contributed by atoms with Crippen molar-refractivity contribution in [3.05, 3.63) is 65.2 Å². The fourth-order valence-corrected chi connectivity index (χ4v) is 4.68. The topological polar surface area (TPSA) is 84.0 Å². The van der Waals surface area contributed by atoms with Crippen LogP contribution < -0.4 is 0 Å². The molecule has 0 unspecified atom stereocenters. The van der Waals surface area contributed by atoms with E-state index in [1.165, 1.54) is 21.3 Å². The maximum atomic E-state index is 12.6. The third-order valence-corrected chi connectivity index (χ3v) is 6.66. The van der Waals surface area contributed by atoms with Crippen molar-refractivity contribution >= 4 is 21.8 Å². The van der Waals surface area contributed by atoms with E-state index in [1.807, 2.05) is 0 Å². The van der Waals surface area contributed by atoms with Crippen LogP contribution in [-0.2, 0) is 21.3 Å². The summed E-state index contributed by atoms with van der Waals surface area (Å²) in [7, 11) is -3.57. The van der Waals surface area contributed by atoms with E-state index in [0.717, 1.165) is 0 Å². The highest BCUT2D eigenvalue weighted by Gasteiger charge is 2.35. The van der Waals surface area contributed by atoms with Gasteiger partial charge >= 0.3 is 0 Å². The molecule has 0 aromatic heterocycles. The van der Waals surface area contributed by atoms with Gasteiger partial charge in [0.15, 0.2) is 0 Å². The van der Waals surface area contributed by atoms with Gasteiger partial charge in [-0.2, -0.15) is 4.31 Å². The standard InChI is InChI=1S/C19H18N2O5S/c22-18-16-3-1-2-4-17(16)19(23)21(18)13-14-5-7-15(8-6-14)27(24,25)20-9-11-26-12-10-20/h1-8H,9-13H2. The molecule has 0 aliphatic carbocycles. The van der Waals surface area contributed by atoms with Gasteiger partial charge in [0.1, 0.15) is 0 Å². The number of nitrogens with zero attached hydrogens (tertiary/aromatic N) is 2. The van der Waals surface area contributed by atoms with Gasteiger partial charge in [-0.15, -0.1) is 0 Å². The maximum Gasteiger partial charge on any atom is 0.261 e. The Kier molecular flexibility index (Phi) is 4.55. The number of fused-ring (bicyclic) bond motifs is 1. The number of hydrogen-bond acceptors (Lipinski definition) is 5. The Bertz CT molecular complexity index is 960. The molecule has 0 saturated carbocycles. The quantitative estimate of drug-likeness (QED) is 0.744. The van der Waals surface area contributed by atoms with E-state index in [1.54, 1.807) is 36.4 Å². The number of carbonyl (C=O) groups is 2. The second-order valence-electron chi connectivity index (χ2n) is 6.40. The zero-order valence-corrected chi connectivity index (χ0v) is 15.3. The van der Waals surface area contributed by atoms with Crippen molar-refractivity contribution in [1.82, 2.24) is 9.21 Å². The predicted molar refractivity (Wildman–Crippen MR) is 96.7 cm³/mol. The molecule has 27 heavy (non-hydrogen) atoms. The van der Waals surface area contributed by atoms with Gasteiger partial charge in [0.25, 0.3) is 11.8 Å². The van der Waals surface area contributed by atoms with E-state index < -0.39 is 10.0 Å². The van der Waals surface area contributed by atoms with Gasteiger partial charge in [0.2, 0.25) is 10.0 Å². The smallest absolute Gasteiger partial charge is 0.261 e. The predicted octanol–water partition coefficient (Wildman–Crippen LogP) is 1.50. The first-order valence-corrected chi connectivity index (χ1v) is 10.0. The Hall–Kier alpha value is -2.55. The van der Waals surface area contributed by atoms with Crippen molar-refractivity contribution < 1.29 is 22.7 Å². The SMILES string of the molecule is O=C1c2ccccc2C(=O)N1Cc1ccc(S(=O)(=O)N2CCOCC2)cc1. The van der Waals surface area contributed by atoms with Crippen LogP contribution in [0.1, 0.15) is 26.3 Å². The fourth-order valence-electron chi connectivity index (χ4n) is 3.27. The van der Waals surface area contributed by atoms with Crippen molar-refractivity contribution in [2.45, 2.75) is 11.4 Å². The van der Waals surface area contributed by atoms with Crippen molar-refractivity contribution in [3.63, 3.8) is 0 Å². The molecule has 1 fully saturated rings. The minimum Gasteiger partial charge on any atom is -0.379 e. The van der Waals surface area contributed by atoms with E-state index in [0.29, 0.717) is 43.0 Å². The Labute approximate surface area is 157 Å². The van der Waals surface area contributed by atoms with Gasteiger partial charge in [-0.05, 0) is 29.8 Å². The van der Waals surface area contributed by atoms with Crippen LogP contribution in [0.3, 0.4) is 0 Å². The summed E-state index contributed by atoms with van der Waals surface area (Å²) in [6, 6.07) is 13.0. The van der Waals surface area contributed by atoms with Crippen LogP contribution >= 0.6 is 0 Å². The highest BCUT2D eigenvalue weighted by molar-refractivity contribution is 7.89. The molecule has 0 spiro atoms. The zero-order chi connectivity index (χ0) is 19.0. The number of carbonyl (C=O) groups excluding carboxylic acids is 2. The maximum absolute atomic E-state index is 12.6. The Morgan fingerprint density at radius 1 is 0.852 bits per heavy atom. The molecule has 0 N–H and O–H groups in total. The summed E-state index contributed by atoms with van der Waals surface area (Å²) in [5.41, 5.74) is 1.48. The van der Waals surface area contributed by atoms with E-state index in [-0.39, 0.29) is 23.3 Å². The lowest BCUT2D eigenvalue weighted by Gasteiger charge is -2.26. The molecule has 0 radical (unpaired) electrons. The monoisotopic (exact) mass is 386 g/mol. The van der Waals surface area contributed by atoms with Gasteiger partial charge in [-0.25, -0.2) is 8.42 Å². The molecule has 8 heteroatoms. The summed E-state index contributed by atoms with van der Waals surface area (Å²) in [4.78, 5) is 26.2. The van der Waals surface area contributed by atoms with Crippen LogP contribution in [-0.4, -0.2) is 55.7 Å². The lowest BCUT2D eigenvalue weighted by molar-refractivity contribution is 0.0642. The zero-order valence-electron chi connectivity index (χ0n) is 14.5. The summed E-state index contributed by atoms with van der Waals surface area (Å²) in [5, 5.41) is 0. The Morgan fingerprint density at radius 3 is 1.96 bits per heavy atom. The van der Waals surface area contributed by atoms with Gasteiger partial charge in [0.05, 0.1) is 35.8 Å². The second-order valence-corrected chi connectivity index (χ2v) is 8.34. The number of imide groups is 1. The van der Waals surface area contributed by atoms with E-state index in [9.17, 15) is 18.0 Å². The van der Waals surface area contributed by atoms with Gasteiger partial charge < -0.3 is 4.74 Å². The molecule has 2 heterocycles. The minimum absolute atomic E-state index is 0.101. The third kappa shape index (κ3) is 3.16. The summed E-state index contributed by atoms with van der Waals surface area (Å²) >= 11 is 0. The molecule has 0 bridgehead atoms. The highest BCUT2D eigenvalue weighted by Crippen LogP contribution is 2.25. The first-order valence-electron chi connectivity index (χ1n) is 8.60. The van der Waals surface area contributed by atoms with Crippen molar-refractivity contribution in [2.24, 2.45) is 0 Å². The van der Waals surface area contributed by atoms with Crippen molar-refractivity contribution in [3.8, 4) is 0 Å². The van der Waals surface area contributed by atoms with Gasteiger partial charge in [0, 0.05) is 13.1 Å². The van der Waals surface area contributed by atoms with Crippen LogP contribution in [0.2, 0.25) is 0 Å². The van der Waals surface area contributed by atoms with Crippen molar-refractivity contribution in [1.29, 1.82) is 0 Å². The summed E-state index contributed by atoms with van der Waals surface area (Å²) in [6.07, 6.45) is 0. The molecular formula is C19H18N2O5S. The number of benzene rings is 2. The van der Waals surface area contributed by atoms with Crippen LogP contribution in [0.15, 0.2) is 53.4 Å². The first kappa shape index (κ1) is 17.8. The minimum atomic E-state index is -3.57. The molecule has 2 amide bonds. The summed E-state index contributed by atoms with van der Waals surface area (Å²) in [5.74, 6) is -0.666. The summed E-state index contributed by atoms with van der Waals surface area (Å²) < 4.78 is 31.9. The molecule has 7 nitrogen and oxygen atoms in total. The third-order valence-electron chi connectivity index (χ3n) is 4.75. The second kappa shape index (κ2) is 6.88. The van der Waals surface area contributed by atoms with Crippen molar-refractivity contribution in [2.75, 3.05) is 26.3 Å². The number of rotatable bonds is 4. The van der Waals surface area contributed by atoms with E-state index >= 15 is 0 Å². The van der Waals surface area contributed by atoms with Crippen LogP contribution in [0.4, 0.5) is 0 Å². The van der Waals surface area contributed by atoms with Gasteiger partial charge in [-0.3, -0.25) is 14.5 Å². The average Bonchev–Trinajstić information content (AvgIpc) is 2.94. The fraction of sp³-hybridized carbons (Fsp3) is 0.263. The largest absolute Gasteiger partial charge is 0.379 e. The molecule has 2 aromatic rings. The number of ether oxygens (including phenoxy) is 1. The number of hydrogen-bond donors (Lipinski definition) is 0. The molecule has 2 aliphatic heterocycles. The van der Waals surface area contributed by atoms with Crippen LogP contribution in [0.5, 0.6) is 0 Å². The Balaban J connectivity index is 1.52. The molecular weight excluding hydrogens is 368 g/mol. The molecule has 2 aliphatic rings. The van der Waals surface area contributed by atoms with Gasteiger partial charge in [-0.1, -0.05) is 24.3 Å². The average molecular weight is 386 g/mol. The molecule has 140 valence electrons. The lowest BCUT2D eigenvalue weighted by atomic mass is 10.1. The number of amides is 2.